The van der Waals surface area contributed by atoms with Crippen molar-refractivity contribution in [2.24, 2.45) is 5.92 Å². The number of thiophene rings is 1. The fourth-order valence-electron chi connectivity index (χ4n) is 4.63. The van der Waals surface area contributed by atoms with Gasteiger partial charge in [0.25, 0.3) is 5.91 Å². The molecule has 0 spiro atoms. The number of anilines is 2. The number of amides is 2. The molecule has 8 nitrogen and oxygen atoms in total. The lowest BCUT2D eigenvalue weighted by Gasteiger charge is -2.21. The maximum absolute atomic E-state index is 13.2. The molecule has 0 aliphatic heterocycles. The van der Waals surface area contributed by atoms with Crippen molar-refractivity contribution >= 4 is 46.1 Å². The number of pyridine rings is 1. The molecule has 0 saturated heterocycles. The number of carbonyl (C=O) groups excluding carboxylic acids is 2. The van der Waals surface area contributed by atoms with Crippen LogP contribution in [0.25, 0.3) is 0 Å². The van der Waals surface area contributed by atoms with Crippen LogP contribution < -0.4 is 16.0 Å². The molecule has 1 saturated carbocycles. The number of nitrogens with one attached hydrogen (secondary N) is 3. The summed E-state index contributed by atoms with van der Waals surface area (Å²) in [5, 5.41) is 13.0. The van der Waals surface area contributed by atoms with Crippen LogP contribution in [-0.2, 0) is 11.3 Å². The molecule has 0 aromatic carbocycles. The van der Waals surface area contributed by atoms with Crippen LogP contribution >= 0.6 is 22.9 Å². The Kier molecular flexibility index (Phi) is 9.16. The van der Waals surface area contributed by atoms with Gasteiger partial charge in [0.05, 0.1) is 39.2 Å². The lowest BCUT2D eigenvalue weighted by Crippen LogP contribution is -2.44. The summed E-state index contributed by atoms with van der Waals surface area (Å²) in [6.07, 6.45) is 3.95. The first-order valence-electron chi connectivity index (χ1n) is 12.7. The van der Waals surface area contributed by atoms with Gasteiger partial charge in [-0.1, -0.05) is 37.3 Å². The molecular formula is C26H30ClF3N6O2S. The van der Waals surface area contributed by atoms with Gasteiger partial charge in [0.2, 0.25) is 5.91 Å². The van der Waals surface area contributed by atoms with E-state index in [1.165, 1.54) is 11.3 Å². The topological polar surface area (TPSA) is 101 Å². The normalized spacial score (nSPS) is 15.6. The summed E-state index contributed by atoms with van der Waals surface area (Å²) in [5.74, 6) is -0.589. The van der Waals surface area contributed by atoms with Gasteiger partial charge in [0.1, 0.15) is 12.6 Å². The van der Waals surface area contributed by atoms with Crippen LogP contribution in [0.15, 0.2) is 36.8 Å². The van der Waals surface area contributed by atoms with Gasteiger partial charge in [-0.25, -0.2) is 0 Å². The summed E-state index contributed by atoms with van der Waals surface area (Å²) in [7, 11) is 0. The van der Waals surface area contributed by atoms with Crippen molar-refractivity contribution in [2.75, 3.05) is 10.6 Å². The third kappa shape index (κ3) is 8.18. The van der Waals surface area contributed by atoms with Gasteiger partial charge in [0.15, 0.2) is 0 Å². The maximum atomic E-state index is 13.2. The zero-order valence-electron chi connectivity index (χ0n) is 21.5. The Morgan fingerprint density at radius 1 is 1.23 bits per heavy atom. The van der Waals surface area contributed by atoms with Crippen LogP contribution in [0.5, 0.6) is 0 Å². The van der Waals surface area contributed by atoms with Gasteiger partial charge in [-0.2, -0.15) is 18.3 Å². The number of carbonyl (C=O) groups is 2. The quantitative estimate of drug-likeness (QED) is 0.258. The van der Waals surface area contributed by atoms with E-state index in [-0.39, 0.29) is 23.6 Å². The Labute approximate surface area is 233 Å². The molecule has 3 aromatic heterocycles. The Balaban J connectivity index is 1.42. The molecule has 39 heavy (non-hydrogen) atoms. The molecular weight excluding hydrogens is 553 g/mol. The first kappa shape index (κ1) is 28.9. The molecule has 2 atom stereocenters. The Hall–Kier alpha value is -3.12. The predicted molar refractivity (Wildman–Crippen MR) is 145 cm³/mol. The molecule has 3 heterocycles. The molecule has 2 amide bonds. The van der Waals surface area contributed by atoms with Gasteiger partial charge in [-0.15, -0.1) is 11.3 Å². The molecule has 0 radical (unpaired) electrons. The summed E-state index contributed by atoms with van der Waals surface area (Å²) >= 11 is 7.38. The standard InChI is InChI=1S/C26H30ClF3N6O2S/c1-15-20(10-18(27)11-31-15)33-16(2)22-7-8-23(39-22)25(38)35-21(9-17-5-3-4-6-17)24(37)34-19-12-32-36(13-19)14-26(28,29)30/h7-8,10-13,16-17,21,33H,3-6,9,14H2,1-2H3,(H,34,37)(H,35,38)/t16-,21-/m0/s1. The number of nitrogens with zero attached hydrogens (tertiary/aromatic N) is 3. The monoisotopic (exact) mass is 582 g/mol. The molecule has 0 unspecified atom stereocenters. The molecule has 4 rings (SSSR count). The maximum Gasteiger partial charge on any atom is 0.408 e. The highest BCUT2D eigenvalue weighted by molar-refractivity contribution is 7.14. The minimum atomic E-state index is -4.43. The van der Waals surface area contributed by atoms with E-state index in [4.69, 9.17) is 11.6 Å². The average molecular weight is 583 g/mol. The van der Waals surface area contributed by atoms with Gasteiger partial charge in [-0.05, 0) is 44.4 Å². The Morgan fingerprint density at radius 3 is 2.69 bits per heavy atom. The minimum absolute atomic E-state index is 0.124. The number of halogens is 4. The SMILES string of the molecule is Cc1ncc(Cl)cc1N[C@@H](C)c1ccc(C(=O)N[C@@H](CC2CCCC2)C(=O)Nc2cnn(CC(F)(F)F)c2)s1. The summed E-state index contributed by atoms with van der Waals surface area (Å²) in [5.41, 5.74) is 1.73. The van der Waals surface area contributed by atoms with Crippen molar-refractivity contribution in [2.45, 2.75) is 70.8 Å². The predicted octanol–water partition coefficient (Wildman–Crippen LogP) is 6.35. The van der Waals surface area contributed by atoms with Crippen molar-refractivity contribution in [3.63, 3.8) is 0 Å². The van der Waals surface area contributed by atoms with E-state index in [0.29, 0.717) is 21.0 Å². The van der Waals surface area contributed by atoms with Crippen molar-refractivity contribution in [1.29, 1.82) is 0 Å². The van der Waals surface area contributed by atoms with Gasteiger partial charge in [0, 0.05) is 17.3 Å². The van der Waals surface area contributed by atoms with E-state index in [9.17, 15) is 22.8 Å². The number of aromatic nitrogens is 3. The molecule has 210 valence electrons. The largest absolute Gasteiger partial charge is 0.408 e. The number of alkyl halides is 3. The summed E-state index contributed by atoms with van der Waals surface area (Å²) in [6, 6.07) is 4.39. The molecule has 3 aromatic rings. The minimum Gasteiger partial charge on any atom is -0.376 e. The fraction of sp³-hybridized carbons (Fsp3) is 0.462. The number of hydrogen-bond acceptors (Lipinski definition) is 6. The van der Waals surface area contributed by atoms with Crippen molar-refractivity contribution in [3.05, 3.63) is 57.3 Å². The fourth-order valence-corrected chi connectivity index (χ4v) is 5.70. The van der Waals surface area contributed by atoms with Crippen LogP contribution in [0.2, 0.25) is 5.02 Å². The van der Waals surface area contributed by atoms with Gasteiger partial charge >= 0.3 is 6.18 Å². The first-order valence-corrected chi connectivity index (χ1v) is 13.9. The number of rotatable bonds is 10. The smallest absolute Gasteiger partial charge is 0.376 e. The first-order chi connectivity index (χ1) is 18.5. The van der Waals surface area contributed by atoms with E-state index in [1.54, 1.807) is 18.3 Å². The van der Waals surface area contributed by atoms with E-state index < -0.39 is 24.7 Å². The molecule has 13 heteroatoms. The molecule has 1 aliphatic rings. The average Bonchev–Trinajstić information content (AvgIpc) is 3.62. The zero-order chi connectivity index (χ0) is 28.2. The molecule has 1 aliphatic carbocycles. The molecule has 3 N–H and O–H groups in total. The highest BCUT2D eigenvalue weighted by Gasteiger charge is 2.30. The van der Waals surface area contributed by atoms with Crippen molar-refractivity contribution in [1.82, 2.24) is 20.1 Å². The summed E-state index contributed by atoms with van der Waals surface area (Å²) in [6.45, 7) is 2.57. The summed E-state index contributed by atoms with van der Waals surface area (Å²) in [4.78, 5) is 31.9. The van der Waals surface area contributed by atoms with Crippen LogP contribution in [0.3, 0.4) is 0 Å². The van der Waals surface area contributed by atoms with Crippen LogP contribution in [0.4, 0.5) is 24.5 Å². The Morgan fingerprint density at radius 2 is 1.97 bits per heavy atom. The third-order valence-electron chi connectivity index (χ3n) is 6.61. The van der Waals surface area contributed by atoms with E-state index in [2.05, 4.69) is 26.0 Å². The van der Waals surface area contributed by atoms with E-state index >= 15 is 0 Å². The van der Waals surface area contributed by atoms with Crippen LogP contribution in [0.1, 0.15) is 65.3 Å². The number of aryl methyl sites for hydroxylation is 1. The lowest BCUT2D eigenvalue weighted by atomic mass is 9.97. The second-order valence-electron chi connectivity index (χ2n) is 9.80. The van der Waals surface area contributed by atoms with E-state index in [0.717, 1.165) is 54.3 Å². The van der Waals surface area contributed by atoms with Crippen LogP contribution in [-0.4, -0.2) is 38.8 Å². The summed E-state index contributed by atoms with van der Waals surface area (Å²) < 4.78 is 38.7. The second kappa shape index (κ2) is 12.4. The van der Waals surface area contributed by atoms with E-state index in [1.807, 2.05) is 19.9 Å². The van der Waals surface area contributed by atoms with Gasteiger partial charge < -0.3 is 16.0 Å². The highest BCUT2D eigenvalue weighted by atomic mass is 35.5. The number of hydrogen-bond donors (Lipinski definition) is 3. The highest BCUT2D eigenvalue weighted by Crippen LogP contribution is 2.31. The van der Waals surface area contributed by atoms with Gasteiger partial charge in [-0.3, -0.25) is 19.3 Å². The van der Waals surface area contributed by atoms with Crippen molar-refractivity contribution < 1.29 is 22.8 Å². The van der Waals surface area contributed by atoms with Crippen molar-refractivity contribution in [3.8, 4) is 0 Å². The molecule has 0 bridgehead atoms. The zero-order valence-corrected chi connectivity index (χ0v) is 23.1. The second-order valence-corrected chi connectivity index (χ2v) is 11.3. The molecule has 1 fully saturated rings. The lowest BCUT2D eigenvalue weighted by molar-refractivity contribution is -0.142. The van der Waals surface area contributed by atoms with Crippen LogP contribution in [0, 0.1) is 12.8 Å². The Bertz CT molecular complexity index is 1300. The third-order valence-corrected chi connectivity index (χ3v) is 8.08.